The van der Waals surface area contributed by atoms with Crippen molar-refractivity contribution in [3.05, 3.63) is 34.3 Å². The van der Waals surface area contributed by atoms with Crippen LogP contribution >= 0.6 is 15.9 Å². The van der Waals surface area contributed by atoms with Crippen molar-refractivity contribution in [3.8, 4) is 0 Å². The summed E-state index contributed by atoms with van der Waals surface area (Å²) in [5, 5.41) is 4.01. The van der Waals surface area contributed by atoms with Crippen molar-refractivity contribution in [1.29, 1.82) is 0 Å². The summed E-state index contributed by atoms with van der Waals surface area (Å²) in [4.78, 5) is 14.0. The topological polar surface area (TPSA) is 44.7 Å². The van der Waals surface area contributed by atoms with E-state index in [1.54, 1.807) is 6.21 Å². The molecule has 2 rings (SSSR count). The number of benzene rings is 1. The van der Waals surface area contributed by atoms with Gasteiger partial charge in [0.25, 0.3) is 5.91 Å². The normalized spacial score (nSPS) is 17.1. The second-order valence-corrected chi connectivity index (χ2v) is 5.86. The minimum absolute atomic E-state index is 0.0461. The standard InChI is InChI=1S/C15H20BrN3O/c16-14-8-4-3-7-13(14)11-17-18-15(20)12-19-9-5-1-2-6-10-19/h3-4,7-8,11H,1-2,5-6,9-10,12H2,(H,18,20)/b17-11-. The van der Waals surface area contributed by atoms with Crippen LogP contribution in [0.4, 0.5) is 0 Å². The predicted molar refractivity (Wildman–Crippen MR) is 84.8 cm³/mol. The van der Waals surface area contributed by atoms with Gasteiger partial charge in [-0.25, -0.2) is 5.43 Å². The fraction of sp³-hybridized carbons (Fsp3) is 0.467. The third-order valence-corrected chi connectivity index (χ3v) is 4.09. The van der Waals surface area contributed by atoms with Crippen LogP contribution in [0.3, 0.4) is 0 Å². The molecule has 1 N–H and O–H groups in total. The zero-order valence-electron chi connectivity index (χ0n) is 11.5. The monoisotopic (exact) mass is 337 g/mol. The molecule has 0 bridgehead atoms. The van der Waals surface area contributed by atoms with E-state index in [-0.39, 0.29) is 5.91 Å². The van der Waals surface area contributed by atoms with E-state index in [1.165, 1.54) is 25.7 Å². The number of likely N-dealkylation sites (tertiary alicyclic amines) is 1. The van der Waals surface area contributed by atoms with E-state index < -0.39 is 0 Å². The first-order valence-electron chi connectivity index (χ1n) is 7.04. The number of halogens is 1. The molecule has 1 aromatic rings. The smallest absolute Gasteiger partial charge is 0.254 e. The highest BCUT2D eigenvalue weighted by molar-refractivity contribution is 9.10. The number of hydrogen-bond acceptors (Lipinski definition) is 3. The van der Waals surface area contributed by atoms with Gasteiger partial charge in [0.15, 0.2) is 0 Å². The minimum atomic E-state index is -0.0461. The maximum atomic E-state index is 11.8. The summed E-state index contributed by atoms with van der Waals surface area (Å²) in [5.41, 5.74) is 3.54. The van der Waals surface area contributed by atoms with Crippen LogP contribution in [-0.4, -0.2) is 36.7 Å². The molecule has 108 valence electrons. The zero-order valence-corrected chi connectivity index (χ0v) is 13.1. The quantitative estimate of drug-likeness (QED) is 0.678. The maximum absolute atomic E-state index is 11.8. The Morgan fingerprint density at radius 3 is 2.65 bits per heavy atom. The second kappa shape index (κ2) is 8.17. The van der Waals surface area contributed by atoms with Crippen molar-refractivity contribution in [2.45, 2.75) is 25.7 Å². The Hall–Kier alpha value is -1.20. The Balaban J connectivity index is 1.78. The van der Waals surface area contributed by atoms with Crippen molar-refractivity contribution in [3.63, 3.8) is 0 Å². The van der Waals surface area contributed by atoms with Gasteiger partial charge in [0.2, 0.25) is 0 Å². The molecule has 4 nitrogen and oxygen atoms in total. The molecular formula is C15H20BrN3O. The van der Waals surface area contributed by atoms with Crippen molar-refractivity contribution in [2.24, 2.45) is 5.10 Å². The number of rotatable bonds is 4. The fourth-order valence-corrected chi connectivity index (χ4v) is 2.67. The predicted octanol–water partition coefficient (Wildman–Crippen LogP) is 2.78. The van der Waals surface area contributed by atoms with Gasteiger partial charge >= 0.3 is 0 Å². The zero-order chi connectivity index (χ0) is 14.2. The number of nitrogens with zero attached hydrogens (tertiary/aromatic N) is 2. The number of carbonyl (C=O) groups excluding carboxylic acids is 1. The van der Waals surface area contributed by atoms with Crippen LogP contribution in [0.15, 0.2) is 33.8 Å². The lowest BCUT2D eigenvalue weighted by molar-refractivity contribution is -0.122. The van der Waals surface area contributed by atoms with E-state index in [0.717, 1.165) is 23.1 Å². The summed E-state index contributed by atoms with van der Waals surface area (Å²) >= 11 is 3.44. The number of hydrogen-bond donors (Lipinski definition) is 1. The van der Waals surface area contributed by atoms with Crippen molar-refractivity contribution >= 4 is 28.1 Å². The third kappa shape index (κ3) is 5.06. The fourth-order valence-electron chi connectivity index (χ4n) is 2.29. The first kappa shape index (κ1) is 15.2. The van der Waals surface area contributed by atoms with Gasteiger partial charge < -0.3 is 0 Å². The van der Waals surface area contributed by atoms with Gasteiger partial charge in [-0.3, -0.25) is 9.69 Å². The molecule has 5 heteroatoms. The Bertz CT molecular complexity index is 468. The van der Waals surface area contributed by atoms with Gasteiger partial charge in [-0.1, -0.05) is 47.0 Å². The summed E-state index contributed by atoms with van der Waals surface area (Å²) < 4.78 is 0.963. The third-order valence-electron chi connectivity index (χ3n) is 3.36. The van der Waals surface area contributed by atoms with Crippen molar-refractivity contribution in [2.75, 3.05) is 19.6 Å². The SMILES string of the molecule is O=C(CN1CCCCCC1)N/N=C\c1ccccc1Br. The van der Waals surface area contributed by atoms with Gasteiger partial charge in [0, 0.05) is 10.0 Å². The van der Waals surface area contributed by atoms with Crippen LogP contribution in [0.2, 0.25) is 0 Å². The highest BCUT2D eigenvalue weighted by Crippen LogP contribution is 2.13. The molecule has 0 saturated carbocycles. The molecule has 0 radical (unpaired) electrons. The summed E-state index contributed by atoms with van der Waals surface area (Å²) in [6.07, 6.45) is 6.59. The lowest BCUT2D eigenvalue weighted by Gasteiger charge is -2.17. The number of carbonyl (C=O) groups is 1. The number of nitrogens with one attached hydrogen (secondary N) is 1. The number of hydrazone groups is 1. The molecule has 1 heterocycles. The lowest BCUT2D eigenvalue weighted by atomic mass is 10.2. The van der Waals surface area contributed by atoms with Crippen LogP contribution in [0.5, 0.6) is 0 Å². The van der Waals surface area contributed by atoms with Gasteiger partial charge in [-0.2, -0.15) is 5.10 Å². The molecule has 0 atom stereocenters. The average molecular weight is 338 g/mol. The highest BCUT2D eigenvalue weighted by atomic mass is 79.9. The van der Waals surface area contributed by atoms with Crippen LogP contribution in [0.1, 0.15) is 31.2 Å². The van der Waals surface area contributed by atoms with E-state index in [0.29, 0.717) is 6.54 Å². The Kier molecular flexibility index (Phi) is 6.21. The molecule has 1 saturated heterocycles. The van der Waals surface area contributed by atoms with Crippen LogP contribution in [-0.2, 0) is 4.79 Å². The molecule has 0 aliphatic carbocycles. The Morgan fingerprint density at radius 1 is 1.25 bits per heavy atom. The molecule has 0 spiro atoms. The van der Waals surface area contributed by atoms with E-state index in [4.69, 9.17) is 0 Å². The van der Waals surface area contributed by atoms with Gasteiger partial charge in [0.05, 0.1) is 12.8 Å². The van der Waals surface area contributed by atoms with E-state index in [9.17, 15) is 4.79 Å². The van der Waals surface area contributed by atoms with Crippen molar-refractivity contribution in [1.82, 2.24) is 10.3 Å². The molecule has 1 aliphatic heterocycles. The van der Waals surface area contributed by atoms with E-state index in [2.05, 4.69) is 31.4 Å². The Morgan fingerprint density at radius 2 is 1.95 bits per heavy atom. The second-order valence-electron chi connectivity index (χ2n) is 5.01. The Labute approximate surface area is 128 Å². The largest absolute Gasteiger partial charge is 0.294 e. The molecular weight excluding hydrogens is 318 g/mol. The van der Waals surface area contributed by atoms with Gasteiger partial charge in [-0.15, -0.1) is 0 Å². The lowest BCUT2D eigenvalue weighted by Crippen LogP contribution is -2.35. The molecule has 0 unspecified atom stereocenters. The van der Waals surface area contributed by atoms with Crippen molar-refractivity contribution < 1.29 is 4.79 Å². The van der Waals surface area contributed by atoms with Gasteiger partial charge in [-0.05, 0) is 32.0 Å². The molecule has 0 aromatic heterocycles. The van der Waals surface area contributed by atoms with Crippen LogP contribution in [0.25, 0.3) is 0 Å². The molecule has 1 aliphatic rings. The molecule has 1 fully saturated rings. The average Bonchev–Trinajstić information content (AvgIpc) is 2.69. The first-order valence-corrected chi connectivity index (χ1v) is 7.84. The summed E-state index contributed by atoms with van der Waals surface area (Å²) in [5.74, 6) is -0.0461. The molecule has 1 aromatic carbocycles. The van der Waals surface area contributed by atoms with Crippen LogP contribution < -0.4 is 5.43 Å². The minimum Gasteiger partial charge on any atom is -0.294 e. The summed E-state index contributed by atoms with van der Waals surface area (Å²) in [6, 6.07) is 7.76. The van der Waals surface area contributed by atoms with Gasteiger partial charge in [0.1, 0.15) is 0 Å². The maximum Gasteiger partial charge on any atom is 0.254 e. The van der Waals surface area contributed by atoms with Crippen LogP contribution in [0, 0.1) is 0 Å². The number of amides is 1. The molecule has 20 heavy (non-hydrogen) atoms. The highest BCUT2D eigenvalue weighted by Gasteiger charge is 2.12. The summed E-state index contributed by atoms with van der Waals surface area (Å²) in [7, 11) is 0. The first-order chi connectivity index (χ1) is 9.75. The molecule has 1 amide bonds. The van der Waals surface area contributed by atoms with E-state index >= 15 is 0 Å². The van der Waals surface area contributed by atoms with E-state index in [1.807, 2.05) is 24.3 Å². The summed E-state index contributed by atoms with van der Waals surface area (Å²) in [6.45, 7) is 2.47.